The van der Waals surface area contributed by atoms with Crippen LogP contribution in [0.5, 0.6) is 0 Å². The van der Waals surface area contributed by atoms with Gasteiger partial charge in [0.2, 0.25) is 10.0 Å². The summed E-state index contributed by atoms with van der Waals surface area (Å²) in [4.78, 5) is 0. The highest BCUT2D eigenvalue weighted by Crippen LogP contribution is 2.24. The fourth-order valence-electron chi connectivity index (χ4n) is 1.51. The first kappa shape index (κ1) is 17.3. The highest BCUT2D eigenvalue weighted by molar-refractivity contribution is 9.10. The third-order valence-electron chi connectivity index (χ3n) is 2.47. The van der Waals surface area contributed by atoms with E-state index in [0.717, 1.165) is 19.0 Å². The molecule has 0 fully saturated rings. The van der Waals surface area contributed by atoms with E-state index < -0.39 is 21.7 Å². The molecular weight excluding hydrogens is 354 g/mol. The topological polar surface area (TPSA) is 58.2 Å². The van der Waals surface area contributed by atoms with E-state index in [2.05, 4.69) is 26.0 Å². The van der Waals surface area contributed by atoms with Gasteiger partial charge in [-0.25, -0.2) is 17.2 Å². The number of rotatable bonds is 8. The van der Waals surface area contributed by atoms with Crippen LogP contribution in [-0.2, 0) is 10.0 Å². The minimum Gasteiger partial charge on any atom is -0.317 e. The van der Waals surface area contributed by atoms with E-state index in [1.807, 2.05) is 6.92 Å². The molecule has 1 rings (SSSR count). The third kappa shape index (κ3) is 5.72. The van der Waals surface area contributed by atoms with Gasteiger partial charge in [0.05, 0.1) is 15.9 Å². The monoisotopic (exact) mass is 370 g/mol. The lowest BCUT2D eigenvalue weighted by atomic mass is 10.3. The largest absolute Gasteiger partial charge is 0.317 e. The van der Waals surface area contributed by atoms with Crippen molar-refractivity contribution in [3.63, 3.8) is 0 Å². The second kappa shape index (κ2) is 7.90. The van der Waals surface area contributed by atoms with Crippen molar-refractivity contribution >= 4 is 31.6 Å². The van der Waals surface area contributed by atoms with Crippen LogP contribution in [0.25, 0.3) is 0 Å². The molecular formula is C12H17BrF2N2O2S. The van der Waals surface area contributed by atoms with E-state index in [1.54, 1.807) is 0 Å². The quantitative estimate of drug-likeness (QED) is 0.546. The summed E-state index contributed by atoms with van der Waals surface area (Å²) in [6.45, 7) is 3.41. The molecule has 0 unspecified atom stereocenters. The van der Waals surface area contributed by atoms with Gasteiger partial charge < -0.3 is 5.32 Å². The van der Waals surface area contributed by atoms with Crippen LogP contribution in [0.3, 0.4) is 0 Å². The van der Waals surface area contributed by atoms with E-state index >= 15 is 0 Å². The van der Waals surface area contributed by atoms with Crippen LogP contribution in [0.1, 0.15) is 19.8 Å². The molecule has 0 aliphatic heterocycles. The van der Waals surface area contributed by atoms with Gasteiger partial charge in [-0.15, -0.1) is 0 Å². The number of hydrogen-bond donors (Lipinski definition) is 2. The summed E-state index contributed by atoms with van der Waals surface area (Å²) in [5.74, 6) is -1.86. The second-order valence-electron chi connectivity index (χ2n) is 4.27. The van der Waals surface area contributed by atoms with Crippen molar-refractivity contribution in [3.05, 3.63) is 28.2 Å². The maximum atomic E-state index is 13.4. The van der Waals surface area contributed by atoms with E-state index in [0.29, 0.717) is 19.0 Å². The molecule has 20 heavy (non-hydrogen) atoms. The smallest absolute Gasteiger partial charge is 0.232 e. The minimum atomic E-state index is -3.65. The molecule has 0 saturated carbocycles. The normalized spacial score (nSPS) is 11.6. The number of nitrogens with one attached hydrogen (secondary N) is 2. The second-order valence-corrected chi connectivity index (χ2v) is 6.97. The molecule has 4 nitrogen and oxygen atoms in total. The average molecular weight is 371 g/mol. The standard InChI is InChI=1S/C12H17BrF2N2O2S/c1-2-4-16-5-3-6-20(18,19)17-12-7-9(13)10(14)8-11(12)15/h7-8,16-17H,2-6H2,1H3. The lowest BCUT2D eigenvalue weighted by molar-refractivity contribution is 0.578. The van der Waals surface area contributed by atoms with Gasteiger partial charge in [-0.3, -0.25) is 4.72 Å². The molecule has 0 atom stereocenters. The molecule has 0 saturated heterocycles. The molecule has 0 aromatic heterocycles. The zero-order chi connectivity index (χ0) is 15.2. The highest BCUT2D eigenvalue weighted by atomic mass is 79.9. The molecule has 114 valence electrons. The van der Waals surface area contributed by atoms with Gasteiger partial charge in [0.15, 0.2) is 0 Å². The van der Waals surface area contributed by atoms with Crippen LogP contribution in [-0.4, -0.2) is 27.3 Å². The van der Waals surface area contributed by atoms with Gasteiger partial charge in [0.25, 0.3) is 0 Å². The maximum absolute atomic E-state index is 13.4. The van der Waals surface area contributed by atoms with Gasteiger partial charge in [-0.1, -0.05) is 6.92 Å². The third-order valence-corrected chi connectivity index (χ3v) is 4.43. The fourth-order valence-corrected chi connectivity index (χ4v) is 2.97. The van der Waals surface area contributed by atoms with Crippen molar-refractivity contribution in [1.29, 1.82) is 0 Å². The minimum absolute atomic E-state index is 0.00112. The van der Waals surface area contributed by atoms with Gasteiger partial charge in [-0.2, -0.15) is 0 Å². The van der Waals surface area contributed by atoms with Crippen LogP contribution in [0.4, 0.5) is 14.5 Å². The number of halogens is 3. The highest BCUT2D eigenvalue weighted by Gasteiger charge is 2.15. The molecule has 1 aromatic rings. The van der Waals surface area contributed by atoms with Crippen molar-refractivity contribution in [3.8, 4) is 0 Å². The molecule has 2 N–H and O–H groups in total. The number of anilines is 1. The Hall–Kier alpha value is -0.730. The van der Waals surface area contributed by atoms with Crippen molar-refractivity contribution < 1.29 is 17.2 Å². The Bertz CT molecular complexity index is 553. The lowest BCUT2D eigenvalue weighted by Gasteiger charge is -2.10. The first-order valence-corrected chi connectivity index (χ1v) is 8.66. The predicted molar refractivity (Wildman–Crippen MR) is 79.2 cm³/mol. The summed E-state index contributed by atoms with van der Waals surface area (Å²) in [6.07, 6.45) is 1.39. The first-order chi connectivity index (χ1) is 9.35. The SMILES string of the molecule is CCCNCCCS(=O)(=O)Nc1cc(Br)c(F)cc1F. The van der Waals surface area contributed by atoms with Crippen molar-refractivity contribution in [1.82, 2.24) is 5.32 Å². The molecule has 0 spiro atoms. The number of hydrogen-bond acceptors (Lipinski definition) is 3. The van der Waals surface area contributed by atoms with Crippen LogP contribution >= 0.6 is 15.9 Å². The van der Waals surface area contributed by atoms with Gasteiger partial charge >= 0.3 is 0 Å². The van der Waals surface area contributed by atoms with Crippen molar-refractivity contribution in [2.75, 3.05) is 23.6 Å². The first-order valence-electron chi connectivity index (χ1n) is 6.21. The van der Waals surface area contributed by atoms with Gasteiger partial charge in [0, 0.05) is 6.07 Å². The molecule has 0 bridgehead atoms. The molecule has 0 aliphatic rings. The summed E-state index contributed by atoms with van der Waals surface area (Å²) >= 11 is 2.88. The summed E-state index contributed by atoms with van der Waals surface area (Å²) in [6, 6.07) is 1.70. The number of sulfonamides is 1. The Morgan fingerprint density at radius 1 is 1.20 bits per heavy atom. The van der Waals surface area contributed by atoms with E-state index in [-0.39, 0.29) is 15.9 Å². The van der Waals surface area contributed by atoms with Crippen LogP contribution in [0.2, 0.25) is 0 Å². The van der Waals surface area contributed by atoms with E-state index in [1.165, 1.54) is 0 Å². The Balaban J connectivity index is 2.60. The Labute approximate surface area is 126 Å². The van der Waals surface area contributed by atoms with Gasteiger partial charge in [-0.05, 0) is 47.9 Å². The lowest BCUT2D eigenvalue weighted by Crippen LogP contribution is -2.22. The van der Waals surface area contributed by atoms with E-state index in [4.69, 9.17) is 0 Å². The average Bonchev–Trinajstić information content (AvgIpc) is 2.35. The van der Waals surface area contributed by atoms with Crippen molar-refractivity contribution in [2.24, 2.45) is 0 Å². The van der Waals surface area contributed by atoms with Crippen LogP contribution < -0.4 is 10.0 Å². The molecule has 0 heterocycles. The Kier molecular flexibility index (Phi) is 6.84. The van der Waals surface area contributed by atoms with Crippen molar-refractivity contribution in [2.45, 2.75) is 19.8 Å². The molecule has 0 radical (unpaired) electrons. The summed E-state index contributed by atoms with van der Waals surface area (Å²) < 4.78 is 52.1. The van der Waals surface area contributed by atoms with Crippen LogP contribution in [0, 0.1) is 11.6 Å². The molecule has 8 heteroatoms. The predicted octanol–water partition coefficient (Wildman–Crippen LogP) is 2.86. The summed E-state index contributed by atoms with van der Waals surface area (Å²) in [5, 5.41) is 3.08. The Morgan fingerprint density at radius 3 is 2.55 bits per heavy atom. The van der Waals surface area contributed by atoms with Gasteiger partial charge in [0.1, 0.15) is 11.6 Å². The zero-order valence-electron chi connectivity index (χ0n) is 11.0. The summed E-state index contributed by atoms with van der Waals surface area (Å²) in [5.41, 5.74) is -0.264. The van der Waals surface area contributed by atoms with Crippen LogP contribution in [0.15, 0.2) is 16.6 Å². The molecule has 1 aromatic carbocycles. The molecule has 0 amide bonds. The Morgan fingerprint density at radius 2 is 1.90 bits per heavy atom. The molecule has 0 aliphatic carbocycles. The number of benzene rings is 1. The van der Waals surface area contributed by atoms with E-state index in [9.17, 15) is 17.2 Å². The fraction of sp³-hybridized carbons (Fsp3) is 0.500. The maximum Gasteiger partial charge on any atom is 0.232 e. The summed E-state index contributed by atoms with van der Waals surface area (Å²) in [7, 11) is -3.65. The zero-order valence-corrected chi connectivity index (χ0v) is 13.5.